The summed E-state index contributed by atoms with van der Waals surface area (Å²) in [5.74, 6) is -1.57. The molecule has 3 heteroatoms. The quantitative estimate of drug-likeness (QED) is 0.718. The van der Waals surface area contributed by atoms with E-state index in [0.717, 1.165) is 12.0 Å². The molecule has 1 aromatic carbocycles. The molecule has 0 bridgehead atoms. The van der Waals surface area contributed by atoms with Crippen LogP contribution >= 0.6 is 15.9 Å². The average molecular weight is 277 g/mol. The first-order valence-electron chi connectivity index (χ1n) is 4.92. The Morgan fingerprint density at radius 1 is 1.27 bits per heavy atom. The van der Waals surface area contributed by atoms with Crippen molar-refractivity contribution in [3.05, 3.63) is 35.4 Å². The van der Waals surface area contributed by atoms with Crippen LogP contribution in [0.4, 0.5) is 8.78 Å². The summed E-state index contributed by atoms with van der Waals surface area (Å²) in [7, 11) is 0. The van der Waals surface area contributed by atoms with Crippen LogP contribution in [0.3, 0.4) is 0 Å². The number of rotatable bonds is 3. The van der Waals surface area contributed by atoms with E-state index < -0.39 is 11.6 Å². The van der Waals surface area contributed by atoms with E-state index in [9.17, 15) is 8.78 Å². The summed E-state index contributed by atoms with van der Waals surface area (Å²) in [5, 5.41) is 0. The predicted octanol–water partition coefficient (Wildman–Crippen LogP) is 4.42. The van der Waals surface area contributed by atoms with Crippen LogP contribution in [0, 0.1) is 11.6 Å². The van der Waals surface area contributed by atoms with E-state index in [-0.39, 0.29) is 5.41 Å². The van der Waals surface area contributed by atoms with Crippen LogP contribution in [0.2, 0.25) is 0 Å². The number of hydrogen-bond acceptors (Lipinski definition) is 0. The number of halogens is 3. The van der Waals surface area contributed by atoms with Crippen LogP contribution in [-0.2, 0) is 5.41 Å². The Bertz CT molecular complexity index is 345. The van der Waals surface area contributed by atoms with Crippen LogP contribution in [-0.4, -0.2) is 4.83 Å². The normalized spacial score (nSPS) is 14.0. The molecule has 0 amide bonds. The third-order valence-electron chi connectivity index (χ3n) is 2.49. The highest BCUT2D eigenvalue weighted by Crippen LogP contribution is 2.31. The third kappa shape index (κ3) is 3.26. The van der Waals surface area contributed by atoms with Gasteiger partial charge in [-0.1, -0.05) is 42.8 Å². The average Bonchev–Trinajstić information content (AvgIpc) is 2.07. The summed E-state index contributed by atoms with van der Waals surface area (Å²) in [6, 6.07) is 4.11. The van der Waals surface area contributed by atoms with E-state index in [4.69, 9.17) is 0 Å². The summed E-state index contributed by atoms with van der Waals surface area (Å²) in [4.78, 5) is 0.348. The second-order valence-corrected chi connectivity index (χ2v) is 6.06. The van der Waals surface area contributed by atoms with E-state index in [1.54, 1.807) is 6.07 Å². The second kappa shape index (κ2) is 4.60. The van der Waals surface area contributed by atoms with Crippen LogP contribution in [0.5, 0.6) is 0 Å². The molecule has 0 saturated carbocycles. The fourth-order valence-electron chi connectivity index (χ4n) is 1.74. The van der Waals surface area contributed by atoms with Crippen LogP contribution < -0.4 is 0 Å². The Balaban J connectivity index is 2.99. The van der Waals surface area contributed by atoms with Gasteiger partial charge in [-0.05, 0) is 29.5 Å². The zero-order valence-corrected chi connectivity index (χ0v) is 10.7. The summed E-state index contributed by atoms with van der Waals surface area (Å²) in [6.45, 7) is 6.09. The maximum Gasteiger partial charge on any atom is 0.159 e. The highest BCUT2D eigenvalue weighted by atomic mass is 79.9. The molecule has 0 nitrogen and oxygen atoms in total. The smallest absolute Gasteiger partial charge is 0.159 e. The molecular formula is C12H15BrF2. The molecular weight excluding hydrogens is 262 g/mol. The Hall–Kier alpha value is -0.440. The van der Waals surface area contributed by atoms with Gasteiger partial charge in [-0.15, -0.1) is 0 Å². The van der Waals surface area contributed by atoms with Crippen molar-refractivity contribution >= 4 is 15.9 Å². The molecule has 0 saturated heterocycles. The van der Waals surface area contributed by atoms with Gasteiger partial charge >= 0.3 is 0 Å². The zero-order chi connectivity index (χ0) is 11.6. The van der Waals surface area contributed by atoms with Crippen molar-refractivity contribution in [2.75, 3.05) is 0 Å². The largest absolute Gasteiger partial charge is 0.204 e. The third-order valence-corrected chi connectivity index (χ3v) is 2.82. The molecule has 0 aromatic heterocycles. The van der Waals surface area contributed by atoms with Crippen molar-refractivity contribution in [2.24, 2.45) is 0 Å². The molecule has 1 aromatic rings. The first kappa shape index (κ1) is 12.6. The highest BCUT2D eigenvalue weighted by molar-refractivity contribution is 9.09. The Morgan fingerprint density at radius 3 is 2.33 bits per heavy atom. The fraction of sp³-hybridized carbons (Fsp3) is 0.500. The van der Waals surface area contributed by atoms with E-state index in [0.29, 0.717) is 4.83 Å². The van der Waals surface area contributed by atoms with Crippen LogP contribution in [0.15, 0.2) is 18.2 Å². The zero-order valence-electron chi connectivity index (χ0n) is 9.15. The predicted molar refractivity (Wildman–Crippen MR) is 62.4 cm³/mol. The Kier molecular flexibility index (Phi) is 3.87. The molecule has 0 radical (unpaired) electrons. The molecule has 0 spiro atoms. The van der Waals surface area contributed by atoms with Gasteiger partial charge in [0.15, 0.2) is 11.6 Å². The molecule has 0 fully saturated rings. The van der Waals surface area contributed by atoms with E-state index in [2.05, 4.69) is 15.9 Å². The van der Waals surface area contributed by atoms with Gasteiger partial charge in [0.1, 0.15) is 0 Å². The number of hydrogen-bond donors (Lipinski definition) is 0. The van der Waals surface area contributed by atoms with E-state index in [1.165, 1.54) is 12.1 Å². The lowest BCUT2D eigenvalue weighted by Crippen LogP contribution is -2.21. The van der Waals surface area contributed by atoms with Crippen molar-refractivity contribution in [2.45, 2.75) is 37.4 Å². The Morgan fingerprint density at radius 2 is 1.87 bits per heavy atom. The van der Waals surface area contributed by atoms with E-state index >= 15 is 0 Å². The van der Waals surface area contributed by atoms with Crippen molar-refractivity contribution < 1.29 is 8.78 Å². The monoisotopic (exact) mass is 276 g/mol. The van der Waals surface area contributed by atoms with Gasteiger partial charge < -0.3 is 0 Å². The lowest BCUT2D eigenvalue weighted by Gasteiger charge is -2.26. The molecule has 0 aliphatic heterocycles. The van der Waals surface area contributed by atoms with Crippen molar-refractivity contribution in [1.82, 2.24) is 0 Å². The molecule has 84 valence electrons. The lowest BCUT2D eigenvalue weighted by atomic mass is 9.81. The van der Waals surface area contributed by atoms with Gasteiger partial charge in [0.25, 0.3) is 0 Å². The van der Waals surface area contributed by atoms with Gasteiger partial charge in [-0.3, -0.25) is 0 Å². The van der Waals surface area contributed by atoms with Gasteiger partial charge in [-0.25, -0.2) is 8.78 Å². The summed E-state index contributed by atoms with van der Waals surface area (Å²) in [5.41, 5.74) is 0.671. The maximum atomic E-state index is 13.1. The molecule has 0 aliphatic rings. The fourth-order valence-corrected chi connectivity index (χ4v) is 2.55. The van der Waals surface area contributed by atoms with Crippen LogP contribution in [0.25, 0.3) is 0 Å². The van der Waals surface area contributed by atoms with Gasteiger partial charge in [0.2, 0.25) is 0 Å². The highest BCUT2D eigenvalue weighted by Gasteiger charge is 2.23. The minimum atomic E-state index is -0.790. The van der Waals surface area contributed by atoms with E-state index in [1.807, 2.05) is 20.8 Å². The maximum absolute atomic E-state index is 13.1. The molecule has 0 heterocycles. The summed E-state index contributed by atoms with van der Waals surface area (Å²) in [6.07, 6.45) is 0.873. The Labute approximate surface area is 97.8 Å². The van der Waals surface area contributed by atoms with Gasteiger partial charge in [0.05, 0.1) is 0 Å². The van der Waals surface area contributed by atoms with Crippen molar-refractivity contribution in [3.8, 4) is 0 Å². The SMILES string of the molecule is CC(Br)CC(C)(C)c1ccc(F)c(F)c1. The minimum Gasteiger partial charge on any atom is -0.204 e. The number of benzene rings is 1. The first-order valence-corrected chi connectivity index (χ1v) is 5.84. The molecule has 15 heavy (non-hydrogen) atoms. The molecule has 0 N–H and O–H groups in total. The van der Waals surface area contributed by atoms with Crippen molar-refractivity contribution in [3.63, 3.8) is 0 Å². The lowest BCUT2D eigenvalue weighted by molar-refractivity contribution is 0.466. The first-order chi connectivity index (χ1) is 6.83. The van der Waals surface area contributed by atoms with Crippen molar-refractivity contribution in [1.29, 1.82) is 0 Å². The molecule has 1 unspecified atom stereocenters. The summed E-state index contributed by atoms with van der Waals surface area (Å²) >= 11 is 3.47. The second-order valence-electron chi connectivity index (χ2n) is 4.50. The van der Waals surface area contributed by atoms with Gasteiger partial charge in [0, 0.05) is 4.83 Å². The standard InChI is InChI=1S/C12H15BrF2/c1-8(13)7-12(2,3)9-4-5-10(14)11(15)6-9/h4-6,8H,7H2,1-3H3. The van der Waals surface area contributed by atoms with Crippen LogP contribution in [0.1, 0.15) is 32.8 Å². The summed E-state index contributed by atoms with van der Waals surface area (Å²) < 4.78 is 25.8. The molecule has 0 aliphatic carbocycles. The number of alkyl halides is 1. The van der Waals surface area contributed by atoms with Gasteiger partial charge in [-0.2, -0.15) is 0 Å². The minimum absolute atomic E-state index is 0.155. The molecule has 1 atom stereocenters. The topological polar surface area (TPSA) is 0 Å². The molecule has 1 rings (SSSR count).